The number of hydrogen-bond acceptors (Lipinski definition) is 4. The van der Waals surface area contributed by atoms with Crippen LogP contribution in [0, 0.1) is 0 Å². The Labute approximate surface area is 172 Å². The van der Waals surface area contributed by atoms with Crippen molar-refractivity contribution in [2.24, 2.45) is 4.99 Å². The molecule has 1 heterocycles. The Morgan fingerprint density at radius 1 is 1.42 bits per heavy atom. The number of guanidine groups is 1. The van der Waals surface area contributed by atoms with Gasteiger partial charge in [0.2, 0.25) is 0 Å². The first-order valence-electron chi connectivity index (χ1n) is 8.45. The average Bonchev–Trinajstić information content (AvgIpc) is 3.13. The van der Waals surface area contributed by atoms with E-state index in [2.05, 4.69) is 50.0 Å². The predicted molar refractivity (Wildman–Crippen MR) is 119 cm³/mol. The summed E-state index contributed by atoms with van der Waals surface area (Å²) < 4.78 is 0. The van der Waals surface area contributed by atoms with E-state index in [1.165, 1.54) is 24.3 Å². The van der Waals surface area contributed by atoms with Gasteiger partial charge in [-0.1, -0.05) is 20.8 Å². The molecule has 2 rings (SSSR count). The number of thiazole rings is 1. The first-order chi connectivity index (χ1) is 10.9. The highest BCUT2D eigenvalue weighted by molar-refractivity contribution is 14.0. The van der Waals surface area contributed by atoms with E-state index in [1.807, 2.05) is 11.8 Å². The van der Waals surface area contributed by atoms with Crippen molar-refractivity contribution in [3.8, 4) is 0 Å². The van der Waals surface area contributed by atoms with E-state index >= 15 is 0 Å². The number of aliphatic imine (C=N–C) groups is 1. The van der Waals surface area contributed by atoms with Crippen molar-refractivity contribution in [1.82, 2.24) is 15.6 Å². The van der Waals surface area contributed by atoms with Gasteiger partial charge in [0.15, 0.2) is 5.96 Å². The molecule has 0 spiro atoms. The van der Waals surface area contributed by atoms with Crippen molar-refractivity contribution in [2.75, 3.05) is 12.8 Å². The second-order valence-electron chi connectivity index (χ2n) is 7.10. The zero-order valence-electron chi connectivity index (χ0n) is 15.4. The quantitative estimate of drug-likeness (QED) is 0.371. The molecule has 1 aliphatic rings. The monoisotopic (exact) mass is 482 g/mol. The Hall–Kier alpha value is -0.0200. The minimum Gasteiger partial charge on any atom is -0.357 e. The van der Waals surface area contributed by atoms with Crippen molar-refractivity contribution >= 4 is 53.0 Å². The summed E-state index contributed by atoms with van der Waals surface area (Å²) in [5, 5.41) is 11.1. The molecule has 2 N–H and O–H groups in total. The van der Waals surface area contributed by atoms with Crippen LogP contribution in [-0.4, -0.2) is 35.0 Å². The molecule has 1 aromatic rings. The second-order valence-corrected chi connectivity index (χ2v) is 9.10. The second kappa shape index (κ2) is 10.2. The molecule has 0 radical (unpaired) electrons. The fourth-order valence-electron chi connectivity index (χ4n) is 2.68. The molecular formula is C17H31IN4S2. The van der Waals surface area contributed by atoms with Gasteiger partial charge in [0.1, 0.15) is 0 Å². The standard InChI is InChI=1S/C17H30N4S2.HI/c1-6-18-16(21-12-7-8-14(9-12)22-5)19-10-13-11-23-15(20-13)17(2,3)4;/h11-12,14H,6-10H2,1-5H3,(H2,18,19,21);1H. The largest absolute Gasteiger partial charge is 0.357 e. The maximum atomic E-state index is 4.73. The summed E-state index contributed by atoms with van der Waals surface area (Å²) in [6.07, 6.45) is 5.98. The van der Waals surface area contributed by atoms with Gasteiger partial charge >= 0.3 is 0 Å². The zero-order valence-corrected chi connectivity index (χ0v) is 19.4. The summed E-state index contributed by atoms with van der Waals surface area (Å²) in [5.74, 6) is 0.921. The van der Waals surface area contributed by atoms with Gasteiger partial charge in [-0.05, 0) is 32.4 Å². The van der Waals surface area contributed by atoms with Crippen LogP contribution in [-0.2, 0) is 12.0 Å². The highest BCUT2D eigenvalue weighted by atomic mass is 127. The average molecular weight is 483 g/mol. The third-order valence-corrected chi connectivity index (χ3v) is 6.41. The molecule has 0 saturated heterocycles. The van der Waals surface area contributed by atoms with Crippen molar-refractivity contribution < 1.29 is 0 Å². The molecule has 2 atom stereocenters. The Morgan fingerprint density at radius 2 is 2.17 bits per heavy atom. The zero-order chi connectivity index (χ0) is 16.9. The molecule has 0 amide bonds. The lowest BCUT2D eigenvalue weighted by Crippen LogP contribution is -2.42. The highest BCUT2D eigenvalue weighted by Crippen LogP contribution is 2.28. The number of nitrogens with one attached hydrogen (secondary N) is 2. The van der Waals surface area contributed by atoms with Gasteiger partial charge in [-0.15, -0.1) is 35.3 Å². The molecule has 24 heavy (non-hydrogen) atoms. The van der Waals surface area contributed by atoms with Crippen molar-refractivity contribution in [3.63, 3.8) is 0 Å². The molecule has 0 bridgehead atoms. The summed E-state index contributed by atoms with van der Waals surface area (Å²) in [7, 11) is 0. The number of nitrogens with zero attached hydrogens (tertiary/aromatic N) is 2. The summed E-state index contributed by atoms with van der Waals surface area (Å²) in [6, 6.07) is 0.547. The predicted octanol–water partition coefficient (Wildman–Crippen LogP) is 4.40. The fraction of sp³-hybridized carbons (Fsp3) is 0.765. The van der Waals surface area contributed by atoms with Gasteiger partial charge in [0.05, 0.1) is 17.2 Å². The number of halogens is 1. The van der Waals surface area contributed by atoms with E-state index in [9.17, 15) is 0 Å². The molecule has 0 aliphatic heterocycles. The lowest BCUT2D eigenvalue weighted by atomic mass is 9.98. The molecule has 1 fully saturated rings. The molecule has 2 unspecified atom stereocenters. The lowest BCUT2D eigenvalue weighted by molar-refractivity contribution is 0.582. The fourth-order valence-corrected chi connectivity index (χ4v) is 4.38. The molecule has 1 aromatic heterocycles. The minimum atomic E-state index is 0. The Bertz CT molecular complexity index is 525. The van der Waals surface area contributed by atoms with Gasteiger partial charge in [-0.3, -0.25) is 0 Å². The Morgan fingerprint density at radius 3 is 2.71 bits per heavy atom. The third kappa shape index (κ3) is 6.71. The van der Waals surface area contributed by atoms with Crippen LogP contribution in [0.5, 0.6) is 0 Å². The van der Waals surface area contributed by atoms with E-state index in [0.717, 1.165) is 23.4 Å². The van der Waals surface area contributed by atoms with Gasteiger partial charge in [0, 0.05) is 28.6 Å². The van der Waals surface area contributed by atoms with E-state index in [4.69, 9.17) is 9.98 Å². The van der Waals surface area contributed by atoms with Gasteiger partial charge < -0.3 is 10.6 Å². The maximum absolute atomic E-state index is 4.73. The van der Waals surface area contributed by atoms with Crippen molar-refractivity contribution in [1.29, 1.82) is 0 Å². The number of aromatic nitrogens is 1. The third-order valence-electron chi connectivity index (χ3n) is 4.00. The van der Waals surface area contributed by atoms with Crippen LogP contribution in [0.15, 0.2) is 10.4 Å². The van der Waals surface area contributed by atoms with Gasteiger partial charge in [-0.25, -0.2) is 9.98 Å². The van der Waals surface area contributed by atoms with Crippen LogP contribution in [0.25, 0.3) is 0 Å². The molecule has 4 nitrogen and oxygen atoms in total. The summed E-state index contributed by atoms with van der Waals surface area (Å²) in [4.78, 5) is 9.45. The molecule has 7 heteroatoms. The first kappa shape index (κ1) is 22.0. The molecule has 138 valence electrons. The van der Waals surface area contributed by atoms with Gasteiger partial charge in [0.25, 0.3) is 0 Å². The van der Waals surface area contributed by atoms with Crippen LogP contribution in [0.1, 0.15) is 57.7 Å². The maximum Gasteiger partial charge on any atom is 0.191 e. The summed E-state index contributed by atoms with van der Waals surface area (Å²) in [6.45, 7) is 10.2. The molecule has 1 aliphatic carbocycles. The smallest absolute Gasteiger partial charge is 0.191 e. The highest BCUT2D eigenvalue weighted by Gasteiger charge is 2.24. The van der Waals surface area contributed by atoms with Gasteiger partial charge in [-0.2, -0.15) is 11.8 Å². The lowest BCUT2D eigenvalue weighted by Gasteiger charge is -2.17. The van der Waals surface area contributed by atoms with E-state index < -0.39 is 0 Å². The van der Waals surface area contributed by atoms with Crippen LogP contribution in [0.4, 0.5) is 0 Å². The van der Waals surface area contributed by atoms with E-state index in [-0.39, 0.29) is 29.4 Å². The summed E-state index contributed by atoms with van der Waals surface area (Å²) in [5.41, 5.74) is 1.18. The molecule has 0 aromatic carbocycles. The SMILES string of the molecule is CCNC(=NCc1csc(C(C)(C)C)n1)NC1CCC(SC)C1.I. The van der Waals surface area contributed by atoms with Crippen LogP contribution in [0.3, 0.4) is 0 Å². The number of rotatable bonds is 5. The van der Waals surface area contributed by atoms with Crippen molar-refractivity contribution in [3.05, 3.63) is 16.1 Å². The van der Waals surface area contributed by atoms with Crippen LogP contribution in [0.2, 0.25) is 0 Å². The number of thioether (sulfide) groups is 1. The Kier molecular flexibility index (Phi) is 9.37. The van der Waals surface area contributed by atoms with E-state index in [1.54, 1.807) is 11.3 Å². The van der Waals surface area contributed by atoms with E-state index in [0.29, 0.717) is 12.6 Å². The topological polar surface area (TPSA) is 49.3 Å². The minimum absolute atomic E-state index is 0. The molecule has 1 saturated carbocycles. The van der Waals surface area contributed by atoms with Crippen LogP contribution < -0.4 is 10.6 Å². The Balaban J connectivity index is 0.00000288. The normalized spacial score (nSPS) is 21.5. The molecular weight excluding hydrogens is 451 g/mol. The number of hydrogen-bond donors (Lipinski definition) is 2. The first-order valence-corrected chi connectivity index (χ1v) is 10.6. The van der Waals surface area contributed by atoms with Crippen molar-refractivity contribution in [2.45, 2.75) is 70.2 Å². The van der Waals surface area contributed by atoms with Crippen LogP contribution >= 0.6 is 47.1 Å². The summed E-state index contributed by atoms with van der Waals surface area (Å²) >= 11 is 3.72.